The number of hydrogen-bond acceptors (Lipinski definition) is 5. The quantitative estimate of drug-likeness (QED) is 0.866. The van der Waals surface area contributed by atoms with E-state index in [1.807, 2.05) is 24.3 Å². The number of amides is 1. The minimum atomic E-state index is -0.654. The maximum Gasteiger partial charge on any atom is 0.248 e. The summed E-state index contributed by atoms with van der Waals surface area (Å²) < 4.78 is 10.9. The third-order valence-electron chi connectivity index (χ3n) is 4.50. The first-order valence-electron chi connectivity index (χ1n) is 8.06. The molecule has 6 heteroatoms. The fourth-order valence-electron chi connectivity index (χ4n) is 3.30. The Kier molecular flexibility index (Phi) is 4.92. The van der Waals surface area contributed by atoms with E-state index in [0.717, 1.165) is 22.4 Å². The van der Waals surface area contributed by atoms with Gasteiger partial charge in [0.15, 0.2) is 0 Å². The van der Waals surface area contributed by atoms with E-state index in [0.29, 0.717) is 30.9 Å². The number of fused-ring (bicyclic) bond motifs is 1. The second-order valence-corrected chi connectivity index (χ2v) is 6.11. The molecule has 0 unspecified atom stereocenters. The first-order valence-corrected chi connectivity index (χ1v) is 8.06. The lowest BCUT2D eigenvalue weighted by molar-refractivity contribution is 0.0843. The predicted molar refractivity (Wildman–Crippen MR) is 93.6 cm³/mol. The Bertz CT molecular complexity index is 774. The Morgan fingerprint density at radius 1 is 1.16 bits per heavy atom. The molecule has 0 aromatic heterocycles. The van der Waals surface area contributed by atoms with Gasteiger partial charge in [-0.15, -0.1) is 0 Å². The van der Waals surface area contributed by atoms with Crippen molar-refractivity contribution in [3.63, 3.8) is 0 Å². The zero-order valence-corrected chi connectivity index (χ0v) is 14.4. The van der Waals surface area contributed by atoms with Crippen molar-refractivity contribution in [2.75, 3.05) is 20.8 Å². The van der Waals surface area contributed by atoms with Crippen LogP contribution in [-0.2, 0) is 13.1 Å². The van der Waals surface area contributed by atoms with Crippen LogP contribution in [0.15, 0.2) is 36.4 Å². The van der Waals surface area contributed by atoms with Crippen LogP contribution in [0.5, 0.6) is 11.5 Å². The molecule has 6 nitrogen and oxygen atoms in total. The summed E-state index contributed by atoms with van der Waals surface area (Å²) in [6.07, 6.45) is -0.654. The topological polar surface area (TPSA) is 85.0 Å². The van der Waals surface area contributed by atoms with Crippen LogP contribution in [0.2, 0.25) is 0 Å². The molecule has 0 saturated heterocycles. The number of rotatable bonds is 5. The van der Waals surface area contributed by atoms with E-state index in [9.17, 15) is 9.90 Å². The number of carbonyl (C=O) groups excluding carboxylic acids is 1. The van der Waals surface area contributed by atoms with Gasteiger partial charge in [-0.25, -0.2) is 0 Å². The van der Waals surface area contributed by atoms with E-state index in [1.165, 1.54) is 0 Å². The number of aliphatic hydroxyl groups excluding tert-OH is 1. The highest BCUT2D eigenvalue weighted by atomic mass is 16.5. The minimum absolute atomic E-state index is 0.439. The van der Waals surface area contributed by atoms with Crippen molar-refractivity contribution < 1.29 is 19.4 Å². The van der Waals surface area contributed by atoms with Crippen LogP contribution in [0.1, 0.15) is 33.2 Å². The van der Waals surface area contributed by atoms with E-state index < -0.39 is 12.0 Å². The second kappa shape index (κ2) is 7.13. The van der Waals surface area contributed by atoms with E-state index in [-0.39, 0.29) is 0 Å². The molecule has 1 amide bonds. The standard InChI is InChI=1S/C19H22N2O4/c1-24-16-7-8-17(25-2)18-14(16)10-21(11-15(18)22)9-12-3-5-13(6-4-12)19(20)23/h3-8,15,22H,9-11H2,1-2H3,(H2,20,23)/t15-/m1/s1. The van der Waals surface area contributed by atoms with Crippen molar-refractivity contribution in [2.45, 2.75) is 19.2 Å². The molecule has 3 rings (SSSR count). The number of nitrogens with zero attached hydrogens (tertiary/aromatic N) is 1. The monoisotopic (exact) mass is 342 g/mol. The van der Waals surface area contributed by atoms with Gasteiger partial charge in [0.1, 0.15) is 11.5 Å². The smallest absolute Gasteiger partial charge is 0.248 e. The van der Waals surface area contributed by atoms with Gasteiger partial charge in [0.05, 0.1) is 20.3 Å². The zero-order chi connectivity index (χ0) is 18.0. The minimum Gasteiger partial charge on any atom is -0.496 e. The van der Waals surface area contributed by atoms with Gasteiger partial charge in [0.25, 0.3) is 0 Å². The molecule has 1 aliphatic heterocycles. The summed E-state index contributed by atoms with van der Waals surface area (Å²) >= 11 is 0. The fourth-order valence-corrected chi connectivity index (χ4v) is 3.30. The molecule has 3 N–H and O–H groups in total. The number of β-amino-alcohol motifs (C(OH)–C–C–N with tert-alkyl or cyclic N) is 1. The molecule has 1 atom stereocenters. The molecule has 1 heterocycles. The lowest BCUT2D eigenvalue weighted by atomic mass is 9.94. The second-order valence-electron chi connectivity index (χ2n) is 6.11. The van der Waals surface area contributed by atoms with Crippen molar-refractivity contribution in [1.29, 1.82) is 0 Å². The number of carbonyl (C=O) groups is 1. The van der Waals surface area contributed by atoms with Crippen molar-refractivity contribution in [3.05, 3.63) is 58.7 Å². The molecule has 0 bridgehead atoms. The molecule has 0 aliphatic carbocycles. The van der Waals surface area contributed by atoms with Gasteiger partial charge in [-0.3, -0.25) is 9.69 Å². The number of nitrogens with two attached hydrogens (primary N) is 1. The molecule has 2 aromatic rings. The zero-order valence-electron chi connectivity index (χ0n) is 14.4. The molecule has 0 radical (unpaired) electrons. The molecular formula is C19H22N2O4. The van der Waals surface area contributed by atoms with Gasteiger partial charge >= 0.3 is 0 Å². The maximum absolute atomic E-state index is 11.2. The number of aliphatic hydroxyl groups is 1. The number of ether oxygens (including phenoxy) is 2. The molecule has 1 aliphatic rings. The normalized spacial score (nSPS) is 17.0. The third kappa shape index (κ3) is 3.45. The van der Waals surface area contributed by atoms with Crippen molar-refractivity contribution >= 4 is 5.91 Å². The summed E-state index contributed by atoms with van der Waals surface area (Å²) in [6.45, 7) is 1.79. The van der Waals surface area contributed by atoms with Crippen LogP contribution in [0, 0.1) is 0 Å². The number of hydrogen-bond donors (Lipinski definition) is 2. The van der Waals surface area contributed by atoms with E-state index >= 15 is 0 Å². The summed E-state index contributed by atoms with van der Waals surface area (Å²) in [7, 11) is 3.22. The van der Waals surface area contributed by atoms with Crippen molar-refractivity contribution in [1.82, 2.24) is 4.90 Å². The summed E-state index contributed by atoms with van der Waals surface area (Å²) in [5.74, 6) is 0.975. The number of benzene rings is 2. The largest absolute Gasteiger partial charge is 0.496 e. The Hall–Kier alpha value is -2.57. The highest BCUT2D eigenvalue weighted by Crippen LogP contribution is 2.39. The lowest BCUT2D eigenvalue weighted by Crippen LogP contribution is -2.33. The van der Waals surface area contributed by atoms with E-state index in [1.54, 1.807) is 26.4 Å². The average molecular weight is 342 g/mol. The first kappa shape index (κ1) is 17.3. The van der Waals surface area contributed by atoms with Gasteiger partial charge < -0.3 is 20.3 Å². The van der Waals surface area contributed by atoms with Gasteiger partial charge in [-0.1, -0.05) is 12.1 Å². The molecule has 25 heavy (non-hydrogen) atoms. The van der Waals surface area contributed by atoms with Gasteiger partial charge in [0, 0.05) is 36.3 Å². The SMILES string of the molecule is COc1ccc(OC)c2c1CN(Cc1ccc(C(N)=O)cc1)C[C@H]2O. The van der Waals surface area contributed by atoms with Crippen LogP contribution in [0.25, 0.3) is 0 Å². The molecule has 2 aromatic carbocycles. The maximum atomic E-state index is 11.2. The molecule has 0 fully saturated rings. The van der Waals surface area contributed by atoms with Crippen LogP contribution >= 0.6 is 0 Å². The summed E-state index contributed by atoms with van der Waals surface area (Å²) in [5.41, 5.74) is 8.53. The molecule has 0 saturated carbocycles. The van der Waals surface area contributed by atoms with Gasteiger partial charge in [0.2, 0.25) is 5.91 Å². The van der Waals surface area contributed by atoms with Crippen LogP contribution in [-0.4, -0.2) is 36.7 Å². The highest BCUT2D eigenvalue weighted by Gasteiger charge is 2.29. The predicted octanol–water partition coefficient (Wildman–Crippen LogP) is 1.85. The Balaban J connectivity index is 1.84. The first-order chi connectivity index (χ1) is 12.0. The summed E-state index contributed by atoms with van der Waals surface area (Å²) in [4.78, 5) is 13.3. The molecule has 132 valence electrons. The molecule has 0 spiro atoms. The fraction of sp³-hybridized carbons (Fsp3) is 0.316. The third-order valence-corrected chi connectivity index (χ3v) is 4.50. The summed E-state index contributed by atoms with van der Waals surface area (Å²) in [5, 5.41) is 10.6. The number of methoxy groups -OCH3 is 2. The number of primary amides is 1. The Morgan fingerprint density at radius 3 is 2.40 bits per heavy atom. The lowest BCUT2D eigenvalue weighted by Gasteiger charge is -2.34. The van der Waals surface area contributed by atoms with Crippen molar-refractivity contribution in [3.8, 4) is 11.5 Å². The Morgan fingerprint density at radius 2 is 1.80 bits per heavy atom. The van der Waals surface area contributed by atoms with Crippen molar-refractivity contribution in [2.24, 2.45) is 5.73 Å². The highest BCUT2D eigenvalue weighted by molar-refractivity contribution is 5.92. The Labute approximate surface area is 146 Å². The van der Waals surface area contributed by atoms with Gasteiger partial charge in [-0.05, 0) is 29.8 Å². The van der Waals surface area contributed by atoms with E-state index in [4.69, 9.17) is 15.2 Å². The average Bonchev–Trinajstić information content (AvgIpc) is 2.61. The van der Waals surface area contributed by atoms with Crippen LogP contribution in [0.3, 0.4) is 0 Å². The van der Waals surface area contributed by atoms with Gasteiger partial charge in [-0.2, -0.15) is 0 Å². The van der Waals surface area contributed by atoms with E-state index in [2.05, 4.69) is 4.90 Å². The van der Waals surface area contributed by atoms with Crippen LogP contribution < -0.4 is 15.2 Å². The molecular weight excluding hydrogens is 320 g/mol. The summed E-state index contributed by atoms with van der Waals surface area (Å²) in [6, 6.07) is 10.9. The van der Waals surface area contributed by atoms with Crippen LogP contribution in [0.4, 0.5) is 0 Å².